The fraction of sp³-hybridized carbons (Fsp3) is 0.500. The first-order valence-electron chi connectivity index (χ1n) is 3.92. The lowest BCUT2D eigenvalue weighted by Gasteiger charge is -2.10. The summed E-state index contributed by atoms with van der Waals surface area (Å²) in [5.41, 5.74) is 0. The topological polar surface area (TPSA) is 9.23 Å². The Kier molecular flexibility index (Phi) is 4.70. The van der Waals surface area contributed by atoms with E-state index in [-0.39, 0.29) is 6.61 Å². The normalized spacial score (nSPS) is 14.2. The van der Waals surface area contributed by atoms with Crippen molar-refractivity contribution in [2.45, 2.75) is 11.6 Å². The molecule has 0 aliphatic carbocycles. The summed E-state index contributed by atoms with van der Waals surface area (Å²) < 4.78 is 40.2. The van der Waals surface area contributed by atoms with Gasteiger partial charge in [0.25, 0.3) is 0 Å². The molecule has 0 saturated heterocycles. The van der Waals surface area contributed by atoms with Gasteiger partial charge in [0, 0.05) is 4.88 Å². The molecule has 0 aliphatic rings. The first-order valence-corrected chi connectivity index (χ1v) is 5.55. The summed E-state index contributed by atoms with van der Waals surface area (Å²) in [4.78, 5) is 0.698. The van der Waals surface area contributed by atoms with E-state index in [2.05, 4.69) is 4.74 Å². The van der Waals surface area contributed by atoms with Crippen LogP contribution in [0.25, 0.3) is 0 Å². The monoisotopic (exact) mass is 278 g/mol. The second-order valence-corrected chi connectivity index (χ2v) is 5.01. The van der Waals surface area contributed by atoms with E-state index in [0.29, 0.717) is 9.21 Å². The molecule has 1 aromatic rings. The lowest BCUT2D eigenvalue weighted by Crippen LogP contribution is -2.18. The number of rotatable bonds is 4. The SMILES string of the molecule is FC(F)(F)COCC(Cl)c1ccc(Cl)s1. The van der Waals surface area contributed by atoms with Gasteiger partial charge in [-0.25, -0.2) is 0 Å². The molecule has 0 fully saturated rings. The molecule has 15 heavy (non-hydrogen) atoms. The van der Waals surface area contributed by atoms with E-state index in [1.54, 1.807) is 12.1 Å². The van der Waals surface area contributed by atoms with E-state index >= 15 is 0 Å². The second-order valence-electron chi connectivity index (χ2n) is 2.74. The molecular weight excluding hydrogens is 272 g/mol. The van der Waals surface area contributed by atoms with Crippen molar-refractivity contribution >= 4 is 34.5 Å². The molecular formula is C8H7Cl2F3OS. The molecule has 0 aromatic carbocycles. The Morgan fingerprint density at radius 3 is 2.53 bits per heavy atom. The average Bonchev–Trinajstić information content (AvgIpc) is 2.49. The van der Waals surface area contributed by atoms with Crippen LogP contribution in [0.5, 0.6) is 0 Å². The van der Waals surface area contributed by atoms with E-state index in [4.69, 9.17) is 23.2 Å². The van der Waals surface area contributed by atoms with Crippen LogP contribution in [0.4, 0.5) is 13.2 Å². The summed E-state index contributed by atoms with van der Waals surface area (Å²) in [6, 6.07) is 3.31. The Morgan fingerprint density at radius 2 is 2.07 bits per heavy atom. The van der Waals surface area contributed by atoms with Crippen LogP contribution in [0.3, 0.4) is 0 Å². The van der Waals surface area contributed by atoms with Crippen LogP contribution in [0.2, 0.25) is 4.34 Å². The summed E-state index contributed by atoms with van der Waals surface area (Å²) in [6.45, 7) is -1.47. The quantitative estimate of drug-likeness (QED) is 0.748. The van der Waals surface area contributed by atoms with Gasteiger partial charge in [0.05, 0.1) is 16.3 Å². The molecule has 0 aliphatic heterocycles. The zero-order valence-corrected chi connectivity index (χ0v) is 9.68. The van der Waals surface area contributed by atoms with Crippen LogP contribution in [0.1, 0.15) is 10.3 Å². The minimum absolute atomic E-state index is 0.183. The first-order chi connectivity index (χ1) is 6.88. The van der Waals surface area contributed by atoms with Gasteiger partial charge in [0.1, 0.15) is 6.61 Å². The molecule has 0 amide bonds. The van der Waals surface area contributed by atoms with Gasteiger partial charge in [-0.3, -0.25) is 0 Å². The molecule has 0 spiro atoms. The fourth-order valence-electron chi connectivity index (χ4n) is 0.857. The van der Waals surface area contributed by atoms with Crippen LogP contribution in [0, 0.1) is 0 Å². The standard InChI is InChI=1S/C8H7Cl2F3OS/c9-5(3-14-4-8(11,12)13)6-1-2-7(10)15-6/h1-2,5H,3-4H2. The van der Waals surface area contributed by atoms with E-state index in [9.17, 15) is 13.2 Å². The van der Waals surface area contributed by atoms with Gasteiger partial charge in [-0.1, -0.05) is 11.6 Å². The molecule has 0 N–H and O–H groups in total. The fourth-order valence-corrected chi connectivity index (χ4v) is 2.18. The van der Waals surface area contributed by atoms with Crippen molar-refractivity contribution < 1.29 is 17.9 Å². The summed E-state index contributed by atoms with van der Waals surface area (Å²) >= 11 is 12.7. The van der Waals surface area contributed by atoms with Crippen LogP contribution in [-0.4, -0.2) is 19.4 Å². The van der Waals surface area contributed by atoms with E-state index in [1.165, 1.54) is 11.3 Å². The summed E-state index contributed by atoms with van der Waals surface area (Å²) in [7, 11) is 0. The van der Waals surface area contributed by atoms with Crippen molar-refractivity contribution in [1.82, 2.24) is 0 Å². The first kappa shape index (κ1) is 13.1. The van der Waals surface area contributed by atoms with E-state index in [1.807, 2.05) is 0 Å². The maximum atomic E-state index is 11.7. The Morgan fingerprint density at radius 1 is 1.40 bits per heavy atom. The summed E-state index contributed by atoms with van der Waals surface area (Å²) in [5, 5.41) is -0.593. The van der Waals surface area contributed by atoms with E-state index < -0.39 is 18.2 Å². The van der Waals surface area contributed by atoms with Crippen LogP contribution in [0.15, 0.2) is 12.1 Å². The van der Waals surface area contributed by atoms with Crippen molar-refractivity contribution in [1.29, 1.82) is 0 Å². The van der Waals surface area contributed by atoms with Crippen LogP contribution in [-0.2, 0) is 4.74 Å². The zero-order chi connectivity index (χ0) is 11.5. The Labute approximate surface area is 98.7 Å². The summed E-state index contributed by atoms with van der Waals surface area (Å²) in [5.74, 6) is 0. The molecule has 1 rings (SSSR count). The highest BCUT2D eigenvalue weighted by molar-refractivity contribution is 7.16. The predicted molar refractivity (Wildman–Crippen MR) is 54.8 cm³/mol. The molecule has 86 valence electrons. The van der Waals surface area contributed by atoms with Gasteiger partial charge in [-0.15, -0.1) is 22.9 Å². The molecule has 1 aromatic heterocycles. The Bertz CT molecular complexity index is 313. The molecule has 1 unspecified atom stereocenters. The van der Waals surface area contributed by atoms with Crippen molar-refractivity contribution in [2.75, 3.05) is 13.2 Å². The number of thiophene rings is 1. The molecule has 1 nitrogen and oxygen atoms in total. The largest absolute Gasteiger partial charge is 0.411 e. The highest BCUT2D eigenvalue weighted by Gasteiger charge is 2.28. The number of alkyl halides is 4. The van der Waals surface area contributed by atoms with Crippen LogP contribution >= 0.6 is 34.5 Å². The average molecular weight is 279 g/mol. The van der Waals surface area contributed by atoms with Gasteiger partial charge in [0.2, 0.25) is 0 Å². The maximum Gasteiger partial charge on any atom is 0.411 e. The van der Waals surface area contributed by atoms with Gasteiger partial charge < -0.3 is 4.74 Å². The molecule has 0 bridgehead atoms. The lowest BCUT2D eigenvalue weighted by atomic mass is 10.3. The third-order valence-electron chi connectivity index (χ3n) is 1.43. The highest BCUT2D eigenvalue weighted by Crippen LogP contribution is 2.31. The van der Waals surface area contributed by atoms with Crippen LogP contribution < -0.4 is 0 Å². The molecule has 0 radical (unpaired) electrons. The van der Waals surface area contributed by atoms with Crippen molar-refractivity contribution in [2.24, 2.45) is 0 Å². The number of hydrogen-bond donors (Lipinski definition) is 0. The van der Waals surface area contributed by atoms with Crippen molar-refractivity contribution in [3.8, 4) is 0 Å². The molecule has 1 heterocycles. The van der Waals surface area contributed by atoms with Crippen molar-refractivity contribution in [3.05, 3.63) is 21.3 Å². The smallest absolute Gasteiger partial charge is 0.370 e. The predicted octanol–water partition coefficient (Wildman–Crippen LogP) is 4.26. The maximum absolute atomic E-state index is 11.7. The second kappa shape index (κ2) is 5.39. The zero-order valence-electron chi connectivity index (χ0n) is 7.35. The summed E-state index contributed by atoms with van der Waals surface area (Å²) in [6.07, 6.45) is -4.32. The highest BCUT2D eigenvalue weighted by atomic mass is 35.5. The third-order valence-corrected chi connectivity index (χ3v) is 3.27. The molecule has 1 atom stereocenters. The number of ether oxygens (including phenoxy) is 1. The van der Waals surface area contributed by atoms with E-state index in [0.717, 1.165) is 0 Å². The Hall–Kier alpha value is 0.0300. The van der Waals surface area contributed by atoms with Gasteiger partial charge in [0.15, 0.2) is 0 Å². The van der Waals surface area contributed by atoms with Gasteiger partial charge in [-0.05, 0) is 12.1 Å². The number of halogens is 5. The van der Waals surface area contributed by atoms with Gasteiger partial charge in [-0.2, -0.15) is 13.2 Å². The van der Waals surface area contributed by atoms with Gasteiger partial charge >= 0.3 is 6.18 Å². The molecule has 7 heteroatoms. The minimum Gasteiger partial charge on any atom is -0.370 e. The molecule has 0 saturated carbocycles. The van der Waals surface area contributed by atoms with Crippen molar-refractivity contribution in [3.63, 3.8) is 0 Å². The third kappa shape index (κ3) is 5.06. The Balaban J connectivity index is 2.34. The minimum atomic E-state index is -4.32. The number of hydrogen-bond acceptors (Lipinski definition) is 2. The lowest BCUT2D eigenvalue weighted by molar-refractivity contribution is -0.173.